The molecule has 0 aliphatic carbocycles. The average molecular weight is 699 g/mol. The van der Waals surface area contributed by atoms with Crippen LogP contribution in [0.5, 0.6) is 0 Å². The minimum Gasteiger partial charge on any atom is -0.465 e. The molecule has 0 spiro atoms. The Kier molecular flexibility index (Phi) is 34.1. The molecule has 6 N–H and O–H groups in total. The molecule has 0 fully saturated rings. The van der Waals surface area contributed by atoms with E-state index in [1.165, 1.54) is 203 Å². The topological polar surface area (TPSA) is 127 Å². The summed E-state index contributed by atoms with van der Waals surface area (Å²) in [6.45, 7) is 4.62. The number of nitrogens with two attached hydrogens (primary N) is 2. The molecule has 288 valence electrons. The minimum absolute atomic E-state index is 1.27. The molecule has 0 aromatic heterocycles. The van der Waals surface area contributed by atoms with Crippen molar-refractivity contribution in [3.8, 4) is 0 Å². The van der Waals surface area contributed by atoms with Crippen LogP contribution in [0.2, 0.25) is 0 Å². The summed E-state index contributed by atoms with van der Waals surface area (Å²) in [5.74, 6) is 0. The zero-order valence-electron chi connectivity index (χ0n) is 32.5. The zero-order valence-corrected chi connectivity index (χ0v) is 32.5. The number of hydrogen-bond donors (Lipinski definition) is 4. The van der Waals surface area contributed by atoms with E-state index in [0.717, 1.165) is 0 Å². The van der Waals surface area contributed by atoms with E-state index in [1.807, 2.05) is 0 Å². The van der Waals surface area contributed by atoms with Crippen LogP contribution in [0.25, 0.3) is 10.8 Å². The van der Waals surface area contributed by atoms with Gasteiger partial charge in [0.1, 0.15) is 0 Å². The predicted molar refractivity (Wildman–Crippen MR) is 216 cm³/mol. The summed E-state index contributed by atoms with van der Waals surface area (Å²) in [6.07, 6.45) is 40.2. The quantitative estimate of drug-likeness (QED) is 0.0605. The van der Waals surface area contributed by atoms with Crippen LogP contribution in [0, 0.1) is 0 Å². The number of benzene rings is 2. The second-order valence-corrected chi connectivity index (χ2v) is 14.3. The van der Waals surface area contributed by atoms with Crippen molar-refractivity contribution in [2.75, 3.05) is 0 Å². The maximum Gasteiger partial charge on any atom is 0.402 e. The second kappa shape index (κ2) is 36.0. The lowest BCUT2D eigenvalue weighted by molar-refractivity contribution is 0.204. The fraction of sp³-hybridized carbons (Fsp3) is 0.727. The SMILES string of the molecule is CCCCCCCCCCCCCCCCc1ccc2ccccc2c1CCCCCCCCCCCCCCCC.NC(=O)O.NC(=O)O. The standard InChI is InChI=1S/C42H72.2CH3NO2/c1-3-5-7-9-11-13-15-17-19-21-23-25-27-29-33-39-37-38-40-34-31-32-36-42(40)41(39)35-30-28-26-24-22-20-18-16-14-12-10-8-6-4-2;2*2-1(3)4/h31-32,34,36-38H,3-30,33,35H2,1-2H3;2*2H2,(H,3,4). The number of carbonyl (C=O) groups is 2. The lowest BCUT2D eigenvalue weighted by Crippen LogP contribution is -2.03. The van der Waals surface area contributed by atoms with Gasteiger partial charge in [-0.25, -0.2) is 9.59 Å². The van der Waals surface area contributed by atoms with Crippen molar-refractivity contribution >= 4 is 23.0 Å². The molecule has 2 aromatic rings. The smallest absolute Gasteiger partial charge is 0.402 e. The molecule has 6 nitrogen and oxygen atoms in total. The second-order valence-electron chi connectivity index (χ2n) is 14.3. The number of aryl methyl sites for hydroxylation is 2. The van der Waals surface area contributed by atoms with Gasteiger partial charge in [-0.2, -0.15) is 0 Å². The molecule has 0 bridgehead atoms. The van der Waals surface area contributed by atoms with Gasteiger partial charge in [-0.05, 0) is 47.6 Å². The molecule has 0 unspecified atom stereocenters. The summed E-state index contributed by atoms with van der Waals surface area (Å²) in [5, 5.41) is 17.3. The van der Waals surface area contributed by atoms with Gasteiger partial charge in [-0.15, -0.1) is 0 Å². The Morgan fingerprint density at radius 3 is 1.10 bits per heavy atom. The van der Waals surface area contributed by atoms with Gasteiger partial charge in [0, 0.05) is 0 Å². The van der Waals surface area contributed by atoms with Gasteiger partial charge in [0.05, 0.1) is 0 Å². The number of fused-ring (bicyclic) bond motifs is 1. The maximum absolute atomic E-state index is 8.78. The Morgan fingerprint density at radius 2 is 0.740 bits per heavy atom. The largest absolute Gasteiger partial charge is 0.465 e. The summed E-state index contributed by atoms with van der Waals surface area (Å²) in [6, 6.07) is 14.0. The number of primary amides is 2. The first kappa shape index (κ1) is 47.2. The van der Waals surface area contributed by atoms with Gasteiger partial charge in [0.2, 0.25) is 0 Å². The third-order valence-corrected chi connectivity index (χ3v) is 9.72. The highest BCUT2D eigenvalue weighted by Crippen LogP contribution is 2.26. The predicted octanol–water partition coefficient (Wildman–Crippen LogP) is 14.1. The number of hydrogen-bond acceptors (Lipinski definition) is 2. The fourth-order valence-corrected chi connectivity index (χ4v) is 6.92. The molecular weight excluding hydrogens is 620 g/mol. The Bertz CT molecular complexity index is 1040. The average Bonchev–Trinajstić information content (AvgIpc) is 3.08. The Labute approximate surface area is 307 Å². The molecule has 0 aliphatic heterocycles. The van der Waals surface area contributed by atoms with Crippen molar-refractivity contribution in [2.24, 2.45) is 11.5 Å². The van der Waals surface area contributed by atoms with Gasteiger partial charge < -0.3 is 21.7 Å². The monoisotopic (exact) mass is 699 g/mol. The molecule has 0 saturated carbocycles. The molecule has 50 heavy (non-hydrogen) atoms. The molecule has 0 saturated heterocycles. The van der Waals surface area contributed by atoms with Crippen LogP contribution in [0.15, 0.2) is 36.4 Å². The van der Waals surface area contributed by atoms with Crippen LogP contribution in [-0.4, -0.2) is 22.4 Å². The van der Waals surface area contributed by atoms with Gasteiger partial charge in [0.15, 0.2) is 0 Å². The minimum atomic E-state index is -1.33. The fourth-order valence-electron chi connectivity index (χ4n) is 6.92. The normalized spacial score (nSPS) is 10.7. The van der Waals surface area contributed by atoms with Gasteiger partial charge in [-0.1, -0.05) is 217 Å². The van der Waals surface area contributed by atoms with E-state index in [4.69, 9.17) is 19.8 Å². The van der Waals surface area contributed by atoms with E-state index in [1.54, 1.807) is 11.1 Å². The van der Waals surface area contributed by atoms with Crippen LogP contribution in [0.1, 0.15) is 205 Å². The van der Waals surface area contributed by atoms with E-state index in [9.17, 15) is 0 Å². The van der Waals surface area contributed by atoms with Crippen molar-refractivity contribution < 1.29 is 19.8 Å². The number of unbranched alkanes of at least 4 members (excludes halogenated alkanes) is 26. The van der Waals surface area contributed by atoms with Crippen molar-refractivity contribution in [1.82, 2.24) is 0 Å². The van der Waals surface area contributed by atoms with Crippen LogP contribution in [0.3, 0.4) is 0 Å². The third kappa shape index (κ3) is 31.2. The van der Waals surface area contributed by atoms with Crippen LogP contribution >= 0.6 is 0 Å². The van der Waals surface area contributed by atoms with Gasteiger partial charge >= 0.3 is 12.2 Å². The molecule has 0 aliphatic rings. The van der Waals surface area contributed by atoms with Crippen LogP contribution in [0.4, 0.5) is 9.59 Å². The van der Waals surface area contributed by atoms with Crippen LogP contribution < -0.4 is 11.5 Å². The Hall–Kier alpha value is -2.76. The van der Waals surface area contributed by atoms with Gasteiger partial charge in [0.25, 0.3) is 0 Å². The first-order valence-electron chi connectivity index (χ1n) is 20.8. The summed E-state index contributed by atoms with van der Waals surface area (Å²) in [5.41, 5.74) is 11.4. The highest BCUT2D eigenvalue weighted by atomic mass is 16.4. The Morgan fingerprint density at radius 1 is 0.440 bits per heavy atom. The summed E-state index contributed by atoms with van der Waals surface area (Å²) < 4.78 is 0. The molecule has 0 radical (unpaired) electrons. The summed E-state index contributed by atoms with van der Waals surface area (Å²) >= 11 is 0. The zero-order chi connectivity index (χ0) is 36.9. The summed E-state index contributed by atoms with van der Waals surface area (Å²) in [7, 11) is 0. The van der Waals surface area contributed by atoms with Crippen LogP contribution in [-0.2, 0) is 12.8 Å². The van der Waals surface area contributed by atoms with E-state index in [-0.39, 0.29) is 0 Å². The van der Waals surface area contributed by atoms with Crippen molar-refractivity contribution in [3.05, 3.63) is 47.5 Å². The first-order valence-corrected chi connectivity index (χ1v) is 20.8. The van der Waals surface area contributed by atoms with E-state index in [0.29, 0.717) is 0 Å². The van der Waals surface area contributed by atoms with E-state index >= 15 is 0 Å². The molecule has 6 heteroatoms. The maximum atomic E-state index is 8.78. The molecule has 0 atom stereocenters. The van der Waals surface area contributed by atoms with Crippen molar-refractivity contribution in [2.45, 2.75) is 206 Å². The lowest BCUT2D eigenvalue weighted by Gasteiger charge is -2.14. The lowest BCUT2D eigenvalue weighted by atomic mass is 9.91. The van der Waals surface area contributed by atoms with Crippen molar-refractivity contribution in [1.29, 1.82) is 0 Å². The molecule has 2 rings (SSSR count). The number of amides is 2. The van der Waals surface area contributed by atoms with Gasteiger partial charge in [-0.3, -0.25) is 0 Å². The van der Waals surface area contributed by atoms with E-state index in [2.05, 4.69) is 61.7 Å². The molecule has 0 heterocycles. The highest BCUT2D eigenvalue weighted by molar-refractivity contribution is 5.86. The first-order chi connectivity index (χ1) is 24.3. The number of carboxylic acid groups (broad SMARTS) is 2. The number of rotatable bonds is 30. The Balaban J connectivity index is 0.00000270. The third-order valence-electron chi connectivity index (χ3n) is 9.72. The molecule has 2 amide bonds. The molecular formula is C44H78N2O4. The summed E-state index contributed by atoms with van der Waals surface area (Å²) in [4.78, 5) is 17.6. The molecule has 2 aromatic carbocycles. The van der Waals surface area contributed by atoms with Crippen molar-refractivity contribution in [3.63, 3.8) is 0 Å². The highest BCUT2D eigenvalue weighted by Gasteiger charge is 2.08. The van der Waals surface area contributed by atoms with E-state index < -0.39 is 12.2 Å².